The predicted octanol–water partition coefficient (Wildman–Crippen LogP) is 1.16. The summed E-state index contributed by atoms with van der Waals surface area (Å²) in [6.45, 7) is 0. The minimum Gasteiger partial charge on any atom is -0.443 e. The van der Waals surface area contributed by atoms with Gasteiger partial charge in [-0.15, -0.1) is 0 Å². The summed E-state index contributed by atoms with van der Waals surface area (Å²) in [6, 6.07) is 4.62. The first-order chi connectivity index (χ1) is 4.97. The summed E-state index contributed by atoms with van der Waals surface area (Å²) >= 11 is 0. The molecular formula is C7H5N2O. The van der Waals surface area contributed by atoms with E-state index in [4.69, 9.17) is 4.74 Å². The molecule has 3 nitrogen and oxygen atoms in total. The van der Waals surface area contributed by atoms with Crippen LogP contribution in [-0.2, 0) is 0 Å². The highest BCUT2D eigenvalue weighted by molar-refractivity contribution is 5.55. The Labute approximate surface area is 58.3 Å². The molecule has 3 heteroatoms. The summed E-state index contributed by atoms with van der Waals surface area (Å²) in [5.41, 5.74) is 0.852. The third kappa shape index (κ3) is 0.719. The molecule has 0 spiro atoms. The molecule has 1 aliphatic heterocycles. The molecule has 2 rings (SSSR count). The standard InChI is InChI=1S/C7H5N2O/c1-2-6-7(9-3-1)10-5-4-8-6/h2-5,8H. The number of nitrogens with one attached hydrogen (secondary N) is 1. The van der Waals surface area contributed by atoms with E-state index >= 15 is 0 Å². The van der Waals surface area contributed by atoms with Crippen LogP contribution >= 0.6 is 0 Å². The fraction of sp³-hybridized carbons (Fsp3) is 0. The van der Waals surface area contributed by atoms with Crippen molar-refractivity contribution < 1.29 is 4.74 Å². The van der Waals surface area contributed by atoms with Gasteiger partial charge >= 0.3 is 0 Å². The zero-order valence-electron chi connectivity index (χ0n) is 5.16. The van der Waals surface area contributed by atoms with E-state index in [1.54, 1.807) is 24.7 Å². The van der Waals surface area contributed by atoms with Crippen molar-refractivity contribution in [2.45, 2.75) is 0 Å². The van der Waals surface area contributed by atoms with Crippen molar-refractivity contribution in [3.63, 3.8) is 0 Å². The summed E-state index contributed by atoms with van der Waals surface area (Å²) in [5.74, 6) is 0.598. The Morgan fingerprint density at radius 1 is 1.60 bits per heavy atom. The van der Waals surface area contributed by atoms with Gasteiger partial charge in [0.2, 0.25) is 5.88 Å². The third-order valence-corrected chi connectivity index (χ3v) is 1.20. The van der Waals surface area contributed by atoms with Crippen molar-refractivity contribution in [2.24, 2.45) is 0 Å². The average molecular weight is 133 g/mol. The highest BCUT2D eigenvalue weighted by Gasteiger charge is 2.03. The molecule has 0 atom stereocenters. The van der Waals surface area contributed by atoms with Crippen LogP contribution in [0.5, 0.6) is 5.88 Å². The molecule has 1 aromatic heterocycles. The Hall–Kier alpha value is -1.51. The van der Waals surface area contributed by atoms with Crippen molar-refractivity contribution >= 4 is 5.69 Å². The smallest absolute Gasteiger partial charge is 0.242 e. The Morgan fingerprint density at radius 2 is 2.60 bits per heavy atom. The monoisotopic (exact) mass is 133 g/mol. The van der Waals surface area contributed by atoms with Crippen molar-refractivity contribution in [2.75, 3.05) is 5.32 Å². The minimum atomic E-state index is 0.598. The summed E-state index contributed by atoms with van der Waals surface area (Å²) in [5, 5.41) is 2.96. The molecule has 0 aromatic carbocycles. The molecule has 0 bridgehead atoms. The van der Waals surface area contributed by atoms with E-state index in [0.29, 0.717) is 5.88 Å². The van der Waals surface area contributed by atoms with Gasteiger partial charge in [-0.05, 0) is 6.07 Å². The molecule has 1 radical (unpaired) electrons. The van der Waals surface area contributed by atoms with Gasteiger partial charge in [0, 0.05) is 18.5 Å². The van der Waals surface area contributed by atoms with Gasteiger partial charge in [0.1, 0.15) is 11.9 Å². The molecule has 1 aromatic rings. The van der Waals surface area contributed by atoms with E-state index in [9.17, 15) is 0 Å². The van der Waals surface area contributed by atoms with Gasteiger partial charge in [-0.3, -0.25) is 0 Å². The molecule has 0 amide bonds. The number of nitrogens with zero attached hydrogens (tertiary/aromatic N) is 1. The van der Waals surface area contributed by atoms with Crippen LogP contribution < -0.4 is 10.1 Å². The molecule has 0 unspecified atom stereocenters. The third-order valence-electron chi connectivity index (χ3n) is 1.20. The first kappa shape index (κ1) is 5.29. The summed E-state index contributed by atoms with van der Waals surface area (Å²) in [6.07, 6.45) is 4.83. The number of fused-ring (bicyclic) bond motifs is 1. The van der Waals surface area contributed by atoms with Gasteiger partial charge in [0.15, 0.2) is 0 Å². The second-order valence-electron chi connectivity index (χ2n) is 1.85. The quantitative estimate of drug-likeness (QED) is 0.576. The molecule has 0 saturated heterocycles. The number of rotatable bonds is 0. The van der Waals surface area contributed by atoms with Crippen molar-refractivity contribution in [3.05, 3.63) is 30.8 Å². The lowest BCUT2D eigenvalue weighted by molar-refractivity contribution is 0.457. The van der Waals surface area contributed by atoms with Crippen LogP contribution in [0.1, 0.15) is 0 Å². The maximum Gasteiger partial charge on any atom is 0.242 e. The van der Waals surface area contributed by atoms with Crippen LogP contribution in [0.4, 0.5) is 5.69 Å². The molecular weight excluding hydrogens is 128 g/mol. The normalized spacial score (nSPS) is 13.2. The number of pyridine rings is 1. The summed E-state index contributed by atoms with van der Waals surface area (Å²) < 4.78 is 5.05. The minimum absolute atomic E-state index is 0.598. The average Bonchev–Trinajstić information content (AvgIpc) is 2.05. The predicted molar refractivity (Wildman–Crippen MR) is 36.5 cm³/mol. The zero-order valence-corrected chi connectivity index (χ0v) is 5.16. The van der Waals surface area contributed by atoms with Crippen LogP contribution in [0.3, 0.4) is 0 Å². The van der Waals surface area contributed by atoms with E-state index in [-0.39, 0.29) is 0 Å². The molecule has 1 N–H and O–H groups in total. The zero-order chi connectivity index (χ0) is 6.81. The van der Waals surface area contributed by atoms with Gasteiger partial charge in [-0.2, -0.15) is 0 Å². The highest BCUT2D eigenvalue weighted by Crippen LogP contribution is 2.22. The first-order valence-corrected chi connectivity index (χ1v) is 2.91. The number of aromatic nitrogens is 1. The molecule has 10 heavy (non-hydrogen) atoms. The molecule has 1 aliphatic rings. The second-order valence-corrected chi connectivity index (χ2v) is 1.85. The molecule has 0 aliphatic carbocycles. The fourth-order valence-electron chi connectivity index (χ4n) is 0.767. The lowest BCUT2D eigenvalue weighted by Crippen LogP contribution is -2.00. The van der Waals surface area contributed by atoms with Crippen molar-refractivity contribution in [1.29, 1.82) is 0 Å². The Kier molecular flexibility index (Phi) is 1.07. The first-order valence-electron chi connectivity index (χ1n) is 2.91. The number of hydrogen-bond donors (Lipinski definition) is 1. The second kappa shape index (κ2) is 2.02. The Morgan fingerprint density at radius 3 is 3.50 bits per heavy atom. The van der Waals surface area contributed by atoms with Gasteiger partial charge in [0.05, 0.1) is 0 Å². The van der Waals surface area contributed by atoms with E-state index in [1.165, 1.54) is 0 Å². The summed E-state index contributed by atoms with van der Waals surface area (Å²) in [7, 11) is 0. The summed E-state index contributed by atoms with van der Waals surface area (Å²) in [4.78, 5) is 3.93. The van der Waals surface area contributed by atoms with Gasteiger partial charge in [-0.25, -0.2) is 4.98 Å². The maximum atomic E-state index is 5.05. The van der Waals surface area contributed by atoms with Gasteiger partial charge < -0.3 is 10.1 Å². The van der Waals surface area contributed by atoms with Gasteiger partial charge in [-0.1, -0.05) is 0 Å². The topological polar surface area (TPSA) is 34.2 Å². The van der Waals surface area contributed by atoms with Crippen LogP contribution in [0.15, 0.2) is 24.7 Å². The van der Waals surface area contributed by atoms with Gasteiger partial charge in [0.25, 0.3) is 0 Å². The van der Waals surface area contributed by atoms with Crippen LogP contribution in [0.25, 0.3) is 0 Å². The van der Waals surface area contributed by atoms with E-state index in [1.807, 2.05) is 0 Å². The molecule has 49 valence electrons. The number of anilines is 1. The fourth-order valence-corrected chi connectivity index (χ4v) is 0.767. The van der Waals surface area contributed by atoms with Crippen LogP contribution in [0, 0.1) is 6.07 Å². The SMILES string of the molecule is [c]1cnc2c(c1)NC=CO2. The molecule has 2 heterocycles. The lowest BCUT2D eigenvalue weighted by atomic mass is 10.4. The highest BCUT2D eigenvalue weighted by atomic mass is 16.5. The van der Waals surface area contributed by atoms with E-state index in [2.05, 4.69) is 16.4 Å². The van der Waals surface area contributed by atoms with Crippen molar-refractivity contribution in [3.8, 4) is 5.88 Å². The Balaban J connectivity index is 2.47. The molecule has 0 saturated carbocycles. The maximum absolute atomic E-state index is 5.05. The largest absolute Gasteiger partial charge is 0.443 e. The number of hydrogen-bond acceptors (Lipinski definition) is 3. The van der Waals surface area contributed by atoms with E-state index < -0.39 is 0 Å². The Bertz CT molecular complexity index is 243. The number of ether oxygens (including phenoxy) is 1. The van der Waals surface area contributed by atoms with Crippen LogP contribution in [0.2, 0.25) is 0 Å². The van der Waals surface area contributed by atoms with E-state index in [0.717, 1.165) is 5.69 Å². The van der Waals surface area contributed by atoms with Crippen LogP contribution in [-0.4, -0.2) is 4.98 Å². The molecule has 0 fully saturated rings. The lowest BCUT2D eigenvalue weighted by Gasteiger charge is -2.09. The van der Waals surface area contributed by atoms with Crippen molar-refractivity contribution in [1.82, 2.24) is 4.98 Å².